The molecule has 3 nitrogen and oxygen atoms in total. The maximum Gasteiger partial charge on any atom is 0.222 e. The van der Waals surface area contributed by atoms with Crippen LogP contribution in [0, 0.1) is 0 Å². The molecule has 0 saturated heterocycles. The van der Waals surface area contributed by atoms with Crippen LogP contribution in [0.2, 0.25) is 5.28 Å². The molecular weight excluding hydrogens is 176 g/mol. The van der Waals surface area contributed by atoms with Crippen LogP contribution in [0.3, 0.4) is 0 Å². The van der Waals surface area contributed by atoms with E-state index in [1.54, 1.807) is 6.20 Å². The first kappa shape index (κ1) is 7.95. The van der Waals surface area contributed by atoms with Crippen molar-refractivity contribution >= 4 is 11.6 Å². The third-order valence-electron chi connectivity index (χ3n) is 1.92. The molecule has 0 bridgehead atoms. The Morgan fingerprint density at radius 3 is 3.08 bits per heavy atom. The highest BCUT2D eigenvalue weighted by Gasteiger charge is 2.09. The van der Waals surface area contributed by atoms with Gasteiger partial charge in [-0.1, -0.05) is 0 Å². The summed E-state index contributed by atoms with van der Waals surface area (Å²) in [7, 11) is 0. The molecule has 1 aliphatic rings. The summed E-state index contributed by atoms with van der Waals surface area (Å²) in [5.41, 5.74) is 2.20. The minimum atomic E-state index is 0.329. The average molecular weight is 185 g/mol. The van der Waals surface area contributed by atoms with Crippen LogP contribution >= 0.6 is 11.6 Å². The molecule has 64 valence electrons. The number of rotatable bonds is 0. The molecular formula is C8H9ClN2O. The van der Waals surface area contributed by atoms with E-state index in [0.29, 0.717) is 5.28 Å². The molecule has 0 amide bonds. The molecule has 0 spiro atoms. The van der Waals surface area contributed by atoms with Crippen molar-refractivity contribution in [3.8, 4) is 0 Å². The minimum Gasteiger partial charge on any atom is -0.381 e. The smallest absolute Gasteiger partial charge is 0.222 e. The van der Waals surface area contributed by atoms with Crippen LogP contribution < -0.4 is 0 Å². The normalized spacial score (nSPS) is 16.8. The number of nitrogens with zero attached hydrogens (tertiary/aromatic N) is 2. The third-order valence-corrected chi connectivity index (χ3v) is 2.11. The van der Waals surface area contributed by atoms with Gasteiger partial charge in [0.25, 0.3) is 0 Å². The fourth-order valence-electron chi connectivity index (χ4n) is 1.30. The van der Waals surface area contributed by atoms with E-state index in [9.17, 15) is 0 Å². The Morgan fingerprint density at radius 1 is 1.33 bits per heavy atom. The van der Waals surface area contributed by atoms with Crippen molar-refractivity contribution in [3.05, 3.63) is 22.7 Å². The second-order valence-corrected chi connectivity index (χ2v) is 3.06. The molecule has 2 heterocycles. The Morgan fingerprint density at radius 2 is 2.17 bits per heavy atom. The fourth-order valence-corrected chi connectivity index (χ4v) is 1.45. The highest BCUT2D eigenvalue weighted by Crippen LogP contribution is 2.12. The predicted octanol–water partition coefficient (Wildman–Crippen LogP) is 1.25. The maximum atomic E-state index is 5.67. The standard InChI is InChI=1S/C8H9ClN2O/c9-8-10-5-6-1-3-12-4-2-7(6)11-8/h5H,1-4H2. The number of ether oxygens (including phenoxy) is 1. The first-order valence-corrected chi connectivity index (χ1v) is 4.32. The lowest BCUT2D eigenvalue weighted by atomic mass is 10.1. The predicted molar refractivity (Wildman–Crippen MR) is 45.3 cm³/mol. The Hall–Kier alpha value is -0.670. The zero-order valence-corrected chi connectivity index (χ0v) is 7.34. The van der Waals surface area contributed by atoms with Crippen molar-refractivity contribution in [1.82, 2.24) is 9.97 Å². The van der Waals surface area contributed by atoms with E-state index in [2.05, 4.69) is 9.97 Å². The van der Waals surface area contributed by atoms with Gasteiger partial charge < -0.3 is 4.74 Å². The van der Waals surface area contributed by atoms with Gasteiger partial charge in [-0.25, -0.2) is 9.97 Å². The molecule has 0 unspecified atom stereocenters. The largest absolute Gasteiger partial charge is 0.381 e. The molecule has 1 aliphatic heterocycles. The van der Waals surface area contributed by atoms with Crippen LogP contribution in [0.15, 0.2) is 6.20 Å². The molecule has 0 fully saturated rings. The lowest BCUT2D eigenvalue weighted by Gasteiger charge is -2.01. The number of hydrogen-bond donors (Lipinski definition) is 0. The Labute approximate surface area is 75.7 Å². The van der Waals surface area contributed by atoms with Gasteiger partial charge in [0.15, 0.2) is 0 Å². The van der Waals surface area contributed by atoms with E-state index in [1.807, 2.05) is 0 Å². The van der Waals surface area contributed by atoms with Gasteiger partial charge in [0, 0.05) is 12.6 Å². The summed E-state index contributed by atoms with van der Waals surface area (Å²) in [6.45, 7) is 1.50. The first-order valence-electron chi connectivity index (χ1n) is 3.94. The molecule has 1 aromatic heterocycles. The van der Waals surface area contributed by atoms with Crippen LogP contribution in [-0.4, -0.2) is 23.2 Å². The number of hydrogen-bond acceptors (Lipinski definition) is 3. The molecule has 1 aromatic rings. The fraction of sp³-hybridized carbons (Fsp3) is 0.500. The van der Waals surface area contributed by atoms with Gasteiger partial charge in [0.2, 0.25) is 5.28 Å². The monoisotopic (exact) mass is 184 g/mol. The molecule has 0 radical (unpaired) electrons. The van der Waals surface area contributed by atoms with Crippen LogP contribution in [0.1, 0.15) is 11.3 Å². The van der Waals surface area contributed by atoms with Crippen LogP contribution in [0.4, 0.5) is 0 Å². The van der Waals surface area contributed by atoms with Crippen LogP contribution in [0.25, 0.3) is 0 Å². The van der Waals surface area contributed by atoms with E-state index in [-0.39, 0.29) is 0 Å². The molecule has 4 heteroatoms. The Kier molecular flexibility index (Phi) is 2.23. The van der Waals surface area contributed by atoms with Crippen molar-refractivity contribution in [2.24, 2.45) is 0 Å². The summed E-state index contributed by atoms with van der Waals surface area (Å²) < 4.78 is 5.31. The van der Waals surface area contributed by atoms with Crippen LogP contribution in [0.5, 0.6) is 0 Å². The molecule has 0 aliphatic carbocycles. The van der Waals surface area contributed by atoms with Crippen molar-refractivity contribution < 1.29 is 4.74 Å². The summed E-state index contributed by atoms with van der Waals surface area (Å²) in [5.74, 6) is 0. The summed E-state index contributed by atoms with van der Waals surface area (Å²) in [6, 6.07) is 0. The SMILES string of the molecule is Clc1ncc2c(n1)CCOCC2. The van der Waals surface area contributed by atoms with Gasteiger partial charge >= 0.3 is 0 Å². The van der Waals surface area contributed by atoms with Crippen molar-refractivity contribution in [1.29, 1.82) is 0 Å². The van der Waals surface area contributed by atoms with Gasteiger partial charge in [-0.15, -0.1) is 0 Å². The molecule has 0 saturated carbocycles. The second-order valence-electron chi connectivity index (χ2n) is 2.72. The number of fused-ring (bicyclic) bond motifs is 1. The van der Waals surface area contributed by atoms with Gasteiger partial charge in [-0.3, -0.25) is 0 Å². The summed E-state index contributed by atoms with van der Waals surface area (Å²) in [4.78, 5) is 8.08. The quantitative estimate of drug-likeness (QED) is 0.570. The lowest BCUT2D eigenvalue weighted by molar-refractivity contribution is 0.146. The third kappa shape index (κ3) is 1.57. The van der Waals surface area contributed by atoms with E-state index in [0.717, 1.165) is 37.3 Å². The molecule has 0 atom stereocenters. The van der Waals surface area contributed by atoms with Crippen LogP contribution in [-0.2, 0) is 17.6 Å². The van der Waals surface area contributed by atoms with E-state index < -0.39 is 0 Å². The van der Waals surface area contributed by atoms with E-state index in [4.69, 9.17) is 16.3 Å². The van der Waals surface area contributed by atoms with E-state index >= 15 is 0 Å². The van der Waals surface area contributed by atoms with Crippen molar-refractivity contribution in [2.45, 2.75) is 12.8 Å². The summed E-state index contributed by atoms with van der Waals surface area (Å²) in [5, 5.41) is 0.329. The molecule has 12 heavy (non-hydrogen) atoms. The number of halogens is 1. The first-order chi connectivity index (χ1) is 5.86. The minimum absolute atomic E-state index is 0.329. The maximum absolute atomic E-state index is 5.67. The Balaban J connectivity index is 2.36. The lowest BCUT2D eigenvalue weighted by Crippen LogP contribution is -1.99. The van der Waals surface area contributed by atoms with E-state index in [1.165, 1.54) is 0 Å². The zero-order valence-electron chi connectivity index (χ0n) is 6.59. The van der Waals surface area contributed by atoms with Crippen molar-refractivity contribution in [3.63, 3.8) is 0 Å². The Bertz CT molecular complexity index is 290. The summed E-state index contributed by atoms with van der Waals surface area (Å²) in [6.07, 6.45) is 3.53. The second kappa shape index (κ2) is 3.37. The zero-order chi connectivity index (χ0) is 8.39. The highest BCUT2D eigenvalue weighted by molar-refractivity contribution is 6.28. The van der Waals surface area contributed by atoms with Crippen molar-refractivity contribution in [2.75, 3.05) is 13.2 Å². The molecule has 2 rings (SSSR count). The highest BCUT2D eigenvalue weighted by atomic mass is 35.5. The topological polar surface area (TPSA) is 35.0 Å². The molecule has 0 N–H and O–H groups in total. The van der Waals surface area contributed by atoms with Gasteiger partial charge in [0.05, 0.1) is 18.9 Å². The molecule has 0 aromatic carbocycles. The van der Waals surface area contributed by atoms with Gasteiger partial charge in [-0.05, 0) is 23.6 Å². The average Bonchev–Trinajstić information content (AvgIpc) is 2.28. The summed E-state index contributed by atoms with van der Waals surface area (Å²) >= 11 is 5.67. The van der Waals surface area contributed by atoms with Gasteiger partial charge in [-0.2, -0.15) is 0 Å². The number of aromatic nitrogens is 2. The van der Waals surface area contributed by atoms with Gasteiger partial charge in [0.1, 0.15) is 0 Å².